The summed E-state index contributed by atoms with van der Waals surface area (Å²) in [5, 5.41) is 0.806. The number of rotatable bonds is 4. The number of pyridine rings is 1. The van der Waals surface area contributed by atoms with Crippen LogP contribution < -0.4 is 14.9 Å². The Morgan fingerprint density at radius 1 is 1.04 bits per heavy atom. The average Bonchev–Trinajstić information content (AvgIpc) is 2.62. The summed E-state index contributed by atoms with van der Waals surface area (Å²) in [4.78, 5) is 40.0. The SMILES string of the molecule is C=C(C)C(=O)Oc1cc(OC(=O)C(=C)C)c2c(=O)c3cccc(Cl)c3[nH]c2c1. The molecule has 0 aliphatic carbocycles. The number of fused-ring (bicyclic) bond motifs is 2. The number of aromatic amines is 1. The molecule has 0 amide bonds. The lowest BCUT2D eigenvalue weighted by Crippen LogP contribution is -2.14. The van der Waals surface area contributed by atoms with Gasteiger partial charge in [0.25, 0.3) is 0 Å². The molecule has 0 aliphatic rings. The molecule has 0 unspecified atom stereocenters. The average molecular weight is 398 g/mol. The number of halogens is 1. The molecule has 1 aromatic heterocycles. The molecule has 0 atom stereocenters. The fraction of sp³-hybridized carbons (Fsp3) is 0.0952. The van der Waals surface area contributed by atoms with Crippen molar-refractivity contribution in [3.8, 4) is 11.5 Å². The van der Waals surface area contributed by atoms with Crippen LogP contribution in [0.15, 0.2) is 59.4 Å². The molecule has 0 aliphatic heterocycles. The van der Waals surface area contributed by atoms with Crippen LogP contribution in [-0.4, -0.2) is 16.9 Å². The Kier molecular flexibility index (Phi) is 5.07. The quantitative estimate of drug-likeness (QED) is 0.307. The Hall–Kier alpha value is -3.38. The van der Waals surface area contributed by atoms with E-state index in [4.69, 9.17) is 21.1 Å². The molecule has 0 radical (unpaired) electrons. The van der Waals surface area contributed by atoms with Crippen LogP contribution in [0.4, 0.5) is 0 Å². The van der Waals surface area contributed by atoms with Gasteiger partial charge in [-0.05, 0) is 26.0 Å². The number of ether oxygens (including phenoxy) is 2. The molecule has 3 rings (SSSR count). The molecule has 142 valence electrons. The van der Waals surface area contributed by atoms with Crippen molar-refractivity contribution in [2.75, 3.05) is 0 Å². The largest absolute Gasteiger partial charge is 0.423 e. The van der Waals surface area contributed by atoms with Crippen molar-refractivity contribution in [3.63, 3.8) is 0 Å². The van der Waals surface area contributed by atoms with Gasteiger partial charge >= 0.3 is 11.9 Å². The van der Waals surface area contributed by atoms with E-state index in [1.165, 1.54) is 26.0 Å². The summed E-state index contributed by atoms with van der Waals surface area (Å²) in [6.45, 7) is 10.0. The summed E-state index contributed by atoms with van der Waals surface area (Å²) in [6, 6.07) is 7.65. The van der Waals surface area contributed by atoms with Gasteiger partial charge in [0.15, 0.2) is 0 Å². The molecule has 28 heavy (non-hydrogen) atoms. The highest BCUT2D eigenvalue weighted by atomic mass is 35.5. The number of esters is 2. The van der Waals surface area contributed by atoms with Crippen LogP contribution >= 0.6 is 11.6 Å². The first-order chi connectivity index (χ1) is 13.2. The Labute approximate surface area is 165 Å². The zero-order chi connectivity index (χ0) is 20.6. The summed E-state index contributed by atoms with van der Waals surface area (Å²) in [5.41, 5.74) is 0.672. The smallest absolute Gasteiger partial charge is 0.338 e. The molecule has 1 N–H and O–H groups in total. The van der Waals surface area contributed by atoms with Crippen molar-refractivity contribution >= 4 is 45.3 Å². The number of carbonyl (C=O) groups excluding carboxylic acids is 2. The van der Waals surface area contributed by atoms with Crippen LogP contribution in [-0.2, 0) is 9.59 Å². The summed E-state index contributed by atoms with van der Waals surface area (Å²) in [6.07, 6.45) is 0. The predicted octanol–water partition coefficient (Wildman–Crippen LogP) is 4.30. The zero-order valence-electron chi connectivity index (χ0n) is 15.2. The maximum absolute atomic E-state index is 13.0. The minimum absolute atomic E-state index is 0.0573. The van der Waals surface area contributed by atoms with Crippen molar-refractivity contribution in [3.05, 3.63) is 69.9 Å². The van der Waals surface area contributed by atoms with Gasteiger partial charge in [0.2, 0.25) is 5.43 Å². The highest BCUT2D eigenvalue weighted by molar-refractivity contribution is 6.35. The summed E-state index contributed by atoms with van der Waals surface area (Å²) >= 11 is 6.20. The molecule has 0 spiro atoms. The molecule has 0 saturated carbocycles. The number of carbonyl (C=O) groups is 2. The summed E-state index contributed by atoms with van der Waals surface area (Å²) in [5.74, 6) is -1.35. The third-order valence-corrected chi connectivity index (χ3v) is 4.25. The van der Waals surface area contributed by atoms with Gasteiger partial charge in [0, 0.05) is 28.7 Å². The monoisotopic (exact) mass is 397 g/mol. The van der Waals surface area contributed by atoms with E-state index in [1.807, 2.05) is 0 Å². The molecule has 0 bridgehead atoms. The van der Waals surface area contributed by atoms with Gasteiger partial charge in [0.05, 0.1) is 21.4 Å². The molecule has 0 saturated heterocycles. The Morgan fingerprint density at radius 3 is 2.32 bits per heavy atom. The first kappa shape index (κ1) is 19.4. The first-order valence-corrected chi connectivity index (χ1v) is 8.60. The number of aromatic nitrogens is 1. The van der Waals surface area contributed by atoms with E-state index >= 15 is 0 Å². The van der Waals surface area contributed by atoms with Crippen molar-refractivity contribution < 1.29 is 19.1 Å². The predicted molar refractivity (Wildman–Crippen MR) is 108 cm³/mol. The highest BCUT2D eigenvalue weighted by Crippen LogP contribution is 2.32. The summed E-state index contributed by atoms with van der Waals surface area (Å²) < 4.78 is 10.6. The lowest BCUT2D eigenvalue weighted by atomic mass is 10.1. The van der Waals surface area contributed by atoms with Crippen molar-refractivity contribution in [2.24, 2.45) is 0 Å². The topological polar surface area (TPSA) is 85.5 Å². The van der Waals surface area contributed by atoms with E-state index in [1.54, 1.807) is 18.2 Å². The van der Waals surface area contributed by atoms with Crippen LogP contribution in [0.2, 0.25) is 5.02 Å². The van der Waals surface area contributed by atoms with Crippen LogP contribution in [0, 0.1) is 0 Å². The minimum Gasteiger partial charge on any atom is -0.423 e. The standard InChI is InChI=1S/C21H16ClNO5/c1-10(2)20(25)27-12-8-15-17(16(9-12)28-21(26)11(3)4)19(24)13-6-5-7-14(22)18(13)23-15/h5-9H,1,3H2,2,4H3,(H,23,24). The van der Waals surface area contributed by atoms with Crippen molar-refractivity contribution in [1.29, 1.82) is 0 Å². The summed E-state index contributed by atoms with van der Waals surface area (Å²) in [7, 11) is 0. The molecule has 0 fully saturated rings. The van der Waals surface area contributed by atoms with Gasteiger partial charge in [-0.1, -0.05) is 30.8 Å². The van der Waals surface area contributed by atoms with Crippen molar-refractivity contribution in [2.45, 2.75) is 13.8 Å². The van der Waals surface area contributed by atoms with Crippen LogP contribution in [0.1, 0.15) is 13.8 Å². The highest BCUT2D eigenvalue weighted by Gasteiger charge is 2.18. The number of hydrogen-bond donors (Lipinski definition) is 1. The Bertz CT molecular complexity index is 1240. The second-order valence-corrected chi connectivity index (χ2v) is 6.71. The molecular weight excluding hydrogens is 382 g/mol. The minimum atomic E-state index is -0.713. The van der Waals surface area contributed by atoms with Gasteiger partial charge in [-0.15, -0.1) is 0 Å². The molecule has 1 heterocycles. The van der Waals surface area contributed by atoms with E-state index < -0.39 is 11.9 Å². The first-order valence-electron chi connectivity index (χ1n) is 8.22. The van der Waals surface area contributed by atoms with Crippen LogP contribution in [0.25, 0.3) is 21.8 Å². The Morgan fingerprint density at radius 2 is 1.68 bits per heavy atom. The fourth-order valence-electron chi connectivity index (χ4n) is 2.55. The third kappa shape index (κ3) is 3.54. The number of benzene rings is 2. The number of hydrogen-bond acceptors (Lipinski definition) is 5. The van der Waals surface area contributed by atoms with E-state index in [0.29, 0.717) is 21.4 Å². The van der Waals surface area contributed by atoms with Gasteiger partial charge in [-0.2, -0.15) is 0 Å². The molecule has 7 heteroatoms. The van der Waals surface area contributed by atoms with Crippen LogP contribution in [0.3, 0.4) is 0 Å². The van der Waals surface area contributed by atoms with E-state index in [2.05, 4.69) is 18.1 Å². The number of H-pyrrole nitrogens is 1. The maximum atomic E-state index is 13.0. The normalized spacial score (nSPS) is 10.7. The second kappa shape index (κ2) is 7.32. The Balaban J connectivity index is 2.33. The van der Waals surface area contributed by atoms with Gasteiger partial charge in [0.1, 0.15) is 11.5 Å². The van der Waals surface area contributed by atoms with Gasteiger partial charge in [-0.25, -0.2) is 9.59 Å². The molecule has 3 aromatic rings. The number of para-hydroxylation sites is 1. The zero-order valence-corrected chi connectivity index (χ0v) is 16.0. The molecule has 6 nitrogen and oxygen atoms in total. The van der Waals surface area contributed by atoms with E-state index in [0.717, 1.165) is 0 Å². The van der Waals surface area contributed by atoms with E-state index in [9.17, 15) is 14.4 Å². The van der Waals surface area contributed by atoms with Gasteiger partial charge in [-0.3, -0.25) is 4.79 Å². The lowest BCUT2D eigenvalue weighted by Gasteiger charge is -2.12. The van der Waals surface area contributed by atoms with Gasteiger partial charge < -0.3 is 14.5 Å². The maximum Gasteiger partial charge on any atom is 0.338 e. The third-order valence-electron chi connectivity index (χ3n) is 3.93. The second-order valence-electron chi connectivity index (χ2n) is 6.30. The van der Waals surface area contributed by atoms with Crippen molar-refractivity contribution in [1.82, 2.24) is 4.98 Å². The van der Waals surface area contributed by atoms with Crippen LogP contribution in [0.5, 0.6) is 11.5 Å². The molecular formula is C21H16ClNO5. The van der Waals surface area contributed by atoms with E-state index in [-0.39, 0.29) is 33.5 Å². The number of nitrogens with one attached hydrogen (secondary N) is 1. The fourth-order valence-corrected chi connectivity index (χ4v) is 2.78. The lowest BCUT2D eigenvalue weighted by molar-refractivity contribution is -0.130. The molecule has 2 aromatic carbocycles.